The lowest BCUT2D eigenvalue weighted by Crippen LogP contribution is -2.29. The minimum atomic E-state index is -0.917. The normalized spacial score (nSPS) is 21.1. The Kier molecular flexibility index (Phi) is 5.07. The number of carbonyl (C=O) groups excluding carboxylic acids is 2. The van der Waals surface area contributed by atoms with Crippen LogP contribution in [-0.2, 0) is 19.1 Å². The second kappa shape index (κ2) is 5.91. The summed E-state index contributed by atoms with van der Waals surface area (Å²) in [6, 6.07) is 0. The van der Waals surface area contributed by atoms with E-state index in [-0.39, 0.29) is 25.6 Å². The smallest absolute Gasteiger partial charge is 0.320 e. The van der Waals surface area contributed by atoms with Crippen molar-refractivity contribution >= 4 is 35.1 Å². The largest absolute Gasteiger partial charge is 0.465 e. The lowest BCUT2D eigenvalue weighted by molar-refractivity contribution is -0.162. The molecule has 1 fully saturated rings. The van der Waals surface area contributed by atoms with Crippen molar-refractivity contribution < 1.29 is 19.1 Å². The van der Waals surface area contributed by atoms with Crippen molar-refractivity contribution in [2.24, 2.45) is 11.8 Å². The van der Waals surface area contributed by atoms with Gasteiger partial charge in [-0.05, 0) is 32.6 Å². The van der Waals surface area contributed by atoms with E-state index in [9.17, 15) is 9.59 Å². The van der Waals surface area contributed by atoms with Gasteiger partial charge in [0.1, 0.15) is 4.33 Å². The predicted molar refractivity (Wildman–Crippen MR) is 63.9 cm³/mol. The van der Waals surface area contributed by atoms with Gasteiger partial charge in [-0.25, -0.2) is 0 Å². The van der Waals surface area contributed by atoms with E-state index < -0.39 is 22.2 Å². The van der Waals surface area contributed by atoms with Gasteiger partial charge in [0.15, 0.2) is 5.92 Å². The Bertz CT molecular complexity index is 286. The molecule has 1 aliphatic rings. The Morgan fingerprint density at radius 3 is 1.94 bits per heavy atom. The number of rotatable bonds is 6. The molecule has 0 aliphatic heterocycles. The molecule has 0 amide bonds. The number of hydrogen-bond acceptors (Lipinski definition) is 4. The van der Waals surface area contributed by atoms with Gasteiger partial charge in [-0.3, -0.25) is 9.59 Å². The number of carbonyl (C=O) groups is 2. The van der Waals surface area contributed by atoms with Gasteiger partial charge in [-0.15, -0.1) is 23.2 Å². The van der Waals surface area contributed by atoms with E-state index in [0.717, 1.165) is 0 Å². The molecule has 0 aromatic carbocycles. The molecule has 0 heterocycles. The molecule has 1 rings (SSSR count). The molecule has 6 heteroatoms. The Hall–Kier alpha value is -0.480. The second-order valence-corrected chi connectivity index (χ2v) is 5.50. The van der Waals surface area contributed by atoms with Crippen molar-refractivity contribution in [1.82, 2.24) is 0 Å². The van der Waals surface area contributed by atoms with E-state index >= 15 is 0 Å². The highest BCUT2D eigenvalue weighted by Gasteiger charge is 2.54. The lowest BCUT2D eigenvalue weighted by atomic mass is 10.0. The van der Waals surface area contributed by atoms with E-state index in [0.29, 0.717) is 6.42 Å². The standard InChI is InChI=1S/C11H16Cl2O4/c1-3-16-9(14)8(10(15)17-4-2)5-7-6-11(7,12)13/h7-8H,3-6H2,1-2H3. The second-order valence-electron chi connectivity index (χ2n) is 3.95. The van der Waals surface area contributed by atoms with E-state index in [4.69, 9.17) is 32.7 Å². The molecule has 0 radical (unpaired) electrons. The predicted octanol–water partition coefficient (Wildman–Crippen LogP) is 2.31. The summed E-state index contributed by atoms with van der Waals surface area (Å²) in [7, 11) is 0. The third-order valence-electron chi connectivity index (χ3n) is 2.62. The molecule has 0 bridgehead atoms. The van der Waals surface area contributed by atoms with Crippen LogP contribution in [0.2, 0.25) is 0 Å². The van der Waals surface area contributed by atoms with Crippen molar-refractivity contribution in [3.63, 3.8) is 0 Å². The van der Waals surface area contributed by atoms with Crippen LogP contribution in [0.4, 0.5) is 0 Å². The molecule has 17 heavy (non-hydrogen) atoms. The summed E-state index contributed by atoms with van der Waals surface area (Å²) in [6.45, 7) is 3.83. The molecule has 98 valence electrons. The molecule has 0 saturated heterocycles. The van der Waals surface area contributed by atoms with Gasteiger partial charge in [0, 0.05) is 0 Å². The number of esters is 2. The summed E-state index contributed by atoms with van der Waals surface area (Å²) in [5, 5.41) is 0. The van der Waals surface area contributed by atoms with Gasteiger partial charge in [0.25, 0.3) is 0 Å². The summed E-state index contributed by atoms with van der Waals surface area (Å²) in [5.41, 5.74) is 0. The molecule has 0 aromatic rings. The van der Waals surface area contributed by atoms with Crippen molar-refractivity contribution in [1.29, 1.82) is 0 Å². The zero-order valence-electron chi connectivity index (χ0n) is 9.87. The maximum atomic E-state index is 11.6. The minimum Gasteiger partial charge on any atom is -0.465 e. The van der Waals surface area contributed by atoms with Gasteiger partial charge >= 0.3 is 11.9 Å². The molecule has 1 atom stereocenters. The fraction of sp³-hybridized carbons (Fsp3) is 0.818. The summed E-state index contributed by atoms with van der Waals surface area (Å²) in [6.07, 6.45) is 0.871. The third-order valence-corrected chi connectivity index (χ3v) is 3.54. The first kappa shape index (κ1) is 14.6. The first-order chi connectivity index (χ1) is 7.92. The monoisotopic (exact) mass is 282 g/mol. The van der Waals surface area contributed by atoms with Crippen LogP contribution < -0.4 is 0 Å². The molecular formula is C11H16Cl2O4. The maximum absolute atomic E-state index is 11.6. The molecule has 1 aliphatic carbocycles. The van der Waals surface area contributed by atoms with Gasteiger partial charge < -0.3 is 9.47 Å². The summed E-state index contributed by atoms with van der Waals surface area (Å²) in [4.78, 5) is 23.2. The molecule has 1 unspecified atom stereocenters. The van der Waals surface area contributed by atoms with E-state index in [1.807, 2.05) is 0 Å². The lowest BCUT2D eigenvalue weighted by Gasteiger charge is -2.14. The number of alkyl halides is 2. The molecule has 0 spiro atoms. The van der Waals surface area contributed by atoms with Crippen LogP contribution in [0.3, 0.4) is 0 Å². The van der Waals surface area contributed by atoms with Crippen molar-refractivity contribution in [3.8, 4) is 0 Å². The fourth-order valence-electron chi connectivity index (χ4n) is 1.58. The third kappa shape index (κ3) is 4.03. The Morgan fingerprint density at radius 1 is 1.24 bits per heavy atom. The van der Waals surface area contributed by atoms with Gasteiger partial charge in [0.05, 0.1) is 13.2 Å². The molecule has 4 nitrogen and oxygen atoms in total. The Balaban J connectivity index is 2.59. The zero-order valence-corrected chi connectivity index (χ0v) is 11.4. The van der Waals surface area contributed by atoms with Crippen molar-refractivity contribution in [2.45, 2.75) is 31.0 Å². The van der Waals surface area contributed by atoms with Gasteiger partial charge in [-0.1, -0.05) is 0 Å². The van der Waals surface area contributed by atoms with E-state index in [2.05, 4.69) is 0 Å². The Morgan fingerprint density at radius 2 is 1.65 bits per heavy atom. The van der Waals surface area contributed by atoms with Crippen molar-refractivity contribution in [2.75, 3.05) is 13.2 Å². The quantitative estimate of drug-likeness (QED) is 0.426. The molecule has 1 saturated carbocycles. The van der Waals surface area contributed by atoms with Crippen LogP contribution >= 0.6 is 23.2 Å². The summed E-state index contributed by atoms with van der Waals surface area (Å²) < 4.78 is 8.88. The first-order valence-electron chi connectivity index (χ1n) is 5.63. The maximum Gasteiger partial charge on any atom is 0.320 e. The van der Waals surface area contributed by atoms with Crippen molar-refractivity contribution in [3.05, 3.63) is 0 Å². The zero-order chi connectivity index (χ0) is 13.1. The summed E-state index contributed by atoms with van der Waals surface area (Å²) in [5.74, 6) is -2.10. The first-order valence-corrected chi connectivity index (χ1v) is 6.39. The highest BCUT2D eigenvalue weighted by Crippen LogP contribution is 2.56. The summed E-state index contributed by atoms with van der Waals surface area (Å²) >= 11 is 11.8. The van der Waals surface area contributed by atoms with Crippen LogP contribution in [0, 0.1) is 11.8 Å². The van der Waals surface area contributed by atoms with Gasteiger partial charge in [0.2, 0.25) is 0 Å². The molecule has 0 aromatic heterocycles. The van der Waals surface area contributed by atoms with Crippen LogP contribution in [0.5, 0.6) is 0 Å². The average Bonchev–Trinajstić information content (AvgIpc) is 2.83. The van der Waals surface area contributed by atoms with Crippen LogP contribution in [-0.4, -0.2) is 29.5 Å². The average molecular weight is 283 g/mol. The number of halogens is 2. The fourth-order valence-corrected chi connectivity index (χ4v) is 2.13. The van der Waals surface area contributed by atoms with Crippen LogP contribution in [0.25, 0.3) is 0 Å². The topological polar surface area (TPSA) is 52.6 Å². The number of ether oxygens (including phenoxy) is 2. The minimum absolute atomic E-state index is 0.0513. The highest BCUT2D eigenvalue weighted by molar-refractivity contribution is 6.50. The SMILES string of the molecule is CCOC(=O)C(CC1CC1(Cl)Cl)C(=O)OCC. The van der Waals surface area contributed by atoms with Crippen LogP contribution in [0.15, 0.2) is 0 Å². The highest BCUT2D eigenvalue weighted by atomic mass is 35.5. The van der Waals surface area contributed by atoms with E-state index in [1.165, 1.54) is 0 Å². The van der Waals surface area contributed by atoms with Gasteiger partial charge in [-0.2, -0.15) is 0 Å². The van der Waals surface area contributed by atoms with E-state index in [1.54, 1.807) is 13.8 Å². The number of hydrogen-bond donors (Lipinski definition) is 0. The Labute approximate surface area is 111 Å². The molecular weight excluding hydrogens is 267 g/mol. The van der Waals surface area contributed by atoms with Crippen LogP contribution in [0.1, 0.15) is 26.7 Å². The molecule has 0 N–H and O–H groups in total.